The molecule has 10 nitrogen and oxygen atoms in total. The molecule has 2 aliphatic rings. The van der Waals surface area contributed by atoms with Gasteiger partial charge < -0.3 is 30.7 Å². The molecule has 0 aliphatic carbocycles. The largest absolute Gasteiger partial charge is 0.455 e. The Kier molecular flexibility index (Phi) is 36.3. The second-order valence-corrected chi connectivity index (χ2v) is 101. The van der Waals surface area contributed by atoms with Crippen LogP contribution < -0.4 is 30.7 Å². The minimum absolute atomic E-state index is 0. The fourth-order valence-corrected chi connectivity index (χ4v) is 180. The SMILES string of the molecule is C.CC(C)(C)c1ccc(N(c2ccc(C(C)(C)C)cc2)c2ccc3c(c2)Oc2cc(N(c4ccc(C(C)(C)C)cc4)c4ccc(C(C)(C)C)cc4)ccc2S3(=O)=O)cc1.CC(C)(C)c1ccc(Nc2ccc(C(C)(C)C)cc2)cc1.N.O=S1(=O)c2ccc(Br)cc2Oc2cc(Br)ccc21.PP(P)P(P)P(P(P)P)P(P(P)P)P(P)P. The van der Waals surface area contributed by atoms with Gasteiger partial charge in [-0.05, 0) is 248 Å². The topological polar surface area (TPSA) is 140 Å². The molecule has 0 bridgehead atoms. The highest BCUT2D eigenvalue weighted by atomic mass is 79.9. The number of rotatable bonds is 14. The van der Waals surface area contributed by atoms with E-state index in [9.17, 15) is 16.8 Å². The summed E-state index contributed by atoms with van der Waals surface area (Å²) in [4.78, 5) is 5.00. The van der Waals surface area contributed by atoms with Gasteiger partial charge in [0.05, 0.1) is 0 Å². The van der Waals surface area contributed by atoms with E-state index in [2.05, 4.69) is 398 Å². The quantitative estimate of drug-likeness (QED) is 0.101. The van der Waals surface area contributed by atoms with E-state index in [0.29, 0.717) is 23.0 Å². The molecule has 0 amide bonds. The maximum Gasteiger partial charge on any atom is 0.213 e. The molecule has 10 aromatic carbocycles. The van der Waals surface area contributed by atoms with Gasteiger partial charge in [0.2, 0.25) is 19.7 Å². The summed E-state index contributed by atoms with van der Waals surface area (Å²) in [5.41, 5.74) is 15.7. The van der Waals surface area contributed by atoms with Crippen molar-refractivity contribution in [2.75, 3.05) is 15.1 Å². The van der Waals surface area contributed by atoms with Gasteiger partial charge in [0.15, 0.2) is 0 Å². The minimum atomic E-state index is -3.89. The standard InChI is InChI=1S/C52H58N2O3S.C20H27N.C12H6Br2O3S.CH4.H3N.H18P16/c1-49(2,3)35-13-21-39(22-14-35)53(40-23-15-36(16-24-40)50(4,5)6)43-29-31-47-45(33-43)57-46-34-44(30-32-48(46)58(47,55)56)54(41-25-17-37(18-26-41)51(7,8)9)42-27-19-38(20-28-42)52(10,11)12;1-19(2,3)15-7-11-17(12-8-15)21-18-13-9-16(10-14-18)20(4,5)6;13-7-1-3-11-9(5-7)17-10-6-8(14)2-4-12(10)18(11,15)16;;;1-10(2)14(9)16(13(7)8)15(11(3)4)12(5)6/h13-34H,1-12H3;7-14,21H,1-6H3;1-6H;1H4;1H3;1-9H2. The van der Waals surface area contributed by atoms with Crippen LogP contribution in [0, 0.1) is 0 Å². The zero-order valence-corrected chi connectivity index (χ0v) is 89.7. The van der Waals surface area contributed by atoms with Crippen LogP contribution in [0.3, 0.4) is 0 Å². The second kappa shape index (κ2) is 41.4. The van der Waals surface area contributed by atoms with E-state index in [1.54, 1.807) is 48.5 Å². The molecule has 115 heavy (non-hydrogen) atoms. The molecule has 618 valence electrons. The highest BCUT2D eigenvalue weighted by Crippen LogP contribution is 3.24. The first-order valence-corrected chi connectivity index (χ1v) is 69.2. The lowest BCUT2D eigenvalue weighted by atomic mass is 9.86. The third-order valence-corrected chi connectivity index (χ3v) is 119. The Balaban J connectivity index is 0.000000259. The molecular formula is C85H116Br2N4O6P16S2. The van der Waals surface area contributed by atoms with E-state index in [1.165, 1.54) is 33.4 Å². The zero-order chi connectivity index (χ0) is 83.6. The number of anilines is 8. The number of fused-ring (bicyclic) bond motifs is 4. The number of hydrogen-bond acceptors (Lipinski definition) is 10. The molecule has 2 heterocycles. The van der Waals surface area contributed by atoms with Crippen LogP contribution in [-0.2, 0) is 52.2 Å². The highest BCUT2D eigenvalue weighted by molar-refractivity contribution is 9.30. The van der Waals surface area contributed by atoms with Gasteiger partial charge in [0, 0.05) is 66.6 Å². The van der Waals surface area contributed by atoms with Crippen molar-refractivity contribution in [3.63, 3.8) is 0 Å². The van der Waals surface area contributed by atoms with Crippen LogP contribution in [0.5, 0.6) is 23.0 Å². The molecule has 0 radical (unpaired) electrons. The van der Waals surface area contributed by atoms with Crippen molar-refractivity contribution in [2.24, 2.45) is 0 Å². The lowest BCUT2D eigenvalue weighted by molar-refractivity contribution is 0.442. The molecule has 0 spiro atoms. The molecule has 11 atom stereocenters. The Morgan fingerprint density at radius 3 is 0.722 bits per heavy atom. The smallest absolute Gasteiger partial charge is 0.213 e. The Morgan fingerprint density at radius 1 is 0.296 bits per heavy atom. The van der Waals surface area contributed by atoms with E-state index in [0.717, 1.165) is 54.4 Å². The fraction of sp³-hybridized carbons (Fsp3) is 0.294. The third kappa shape index (κ3) is 26.0. The number of nitrogens with zero attached hydrogens (tertiary/aromatic N) is 2. The van der Waals surface area contributed by atoms with E-state index in [1.807, 2.05) is 24.3 Å². The summed E-state index contributed by atoms with van der Waals surface area (Å²) in [6.45, 7) is 40.7. The number of ether oxygens (including phenoxy) is 2. The van der Waals surface area contributed by atoms with Crippen LogP contribution in [0.15, 0.2) is 247 Å². The van der Waals surface area contributed by atoms with Crippen molar-refractivity contribution < 1.29 is 26.3 Å². The van der Waals surface area contributed by atoms with Crippen molar-refractivity contribution in [3.05, 3.63) is 261 Å². The van der Waals surface area contributed by atoms with Gasteiger partial charge in [-0.1, -0.05) is 237 Å². The Labute approximate surface area is 734 Å². The maximum absolute atomic E-state index is 14.4. The Hall–Kier alpha value is -1.10. The molecule has 4 N–H and O–H groups in total. The molecular weight excluding hydrogens is 1890 g/mol. The summed E-state index contributed by atoms with van der Waals surface area (Å²) >= 11 is 6.60. The summed E-state index contributed by atoms with van der Waals surface area (Å²) in [5.74, 6) is 1.27. The van der Waals surface area contributed by atoms with E-state index < -0.39 is 19.7 Å². The van der Waals surface area contributed by atoms with Crippen molar-refractivity contribution in [1.29, 1.82) is 0 Å². The Morgan fingerprint density at radius 2 is 0.504 bits per heavy atom. The van der Waals surface area contributed by atoms with Gasteiger partial charge in [-0.2, -0.15) is 0 Å². The average molecular weight is 2010 g/mol. The predicted octanol–water partition coefficient (Wildman–Crippen LogP) is 34.7. The third-order valence-electron chi connectivity index (χ3n) is 18.7. The molecule has 0 saturated heterocycles. The van der Waals surface area contributed by atoms with E-state index in [4.69, 9.17) is 9.47 Å². The van der Waals surface area contributed by atoms with Crippen molar-refractivity contribution in [1.82, 2.24) is 6.15 Å². The van der Waals surface area contributed by atoms with Crippen LogP contribution in [0.25, 0.3) is 0 Å². The summed E-state index contributed by atoms with van der Waals surface area (Å²) in [5, 5.41) is 3.46. The van der Waals surface area contributed by atoms with Crippen LogP contribution in [0.4, 0.5) is 45.5 Å². The number of hydrogen-bond donors (Lipinski definition) is 2. The number of nitrogens with one attached hydrogen (secondary N) is 1. The van der Waals surface area contributed by atoms with Gasteiger partial charge in [-0.15, -0.1) is 80.4 Å². The fourth-order valence-electron chi connectivity index (χ4n) is 12.2. The second-order valence-electron chi connectivity index (χ2n) is 33.7. The van der Waals surface area contributed by atoms with Crippen molar-refractivity contribution in [3.8, 4) is 23.0 Å². The summed E-state index contributed by atoms with van der Waals surface area (Å²) in [6, 6.07) is 72.4. The molecule has 0 fully saturated rings. The average Bonchev–Trinajstić information content (AvgIpc) is 0.874. The first-order chi connectivity index (χ1) is 52.4. The predicted molar refractivity (Wildman–Crippen MR) is 558 cm³/mol. The molecule has 10 aromatic rings. The van der Waals surface area contributed by atoms with E-state index >= 15 is 0 Å². The van der Waals surface area contributed by atoms with Gasteiger partial charge in [-0.25, -0.2) is 16.8 Å². The lowest BCUT2D eigenvalue weighted by Gasteiger charge is -2.40. The molecule has 0 saturated carbocycles. The molecule has 2 aliphatic heterocycles. The molecule has 12 rings (SSSR count). The normalized spacial score (nSPS) is 14.0. The van der Waals surface area contributed by atoms with Crippen LogP contribution in [-0.4, -0.2) is 16.8 Å². The lowest BCUT2D eigenvalue weighted by Crippen LogP contribution is -2.16. The van der Waals surface area contributed by atoms with Crippen molar-refractivity contribution in [2.45, 2.75) is 184 Å². The van der Waals surface area contributed by atoms with Gasteiger partial charge in [0.1, 0.15) is 42.6 Å². The van der Waals surface area contributed by atoms with E-state index in [-0.39, 0.29) is 115 Å². The maximum atomic E-state index is 14.4. The first-order valence-electron chi connectivity index (χ1n) is 36.4. The van der Waals surface area contributed by atoms with Crippen LogP contribution in [0.2, 0.25) is 0 Å². The number of halogens is 2. The first kappa shape index (κ1) is 101. The monoisotopic (exact) mass is 2010 g/mol. The van der Waals surface area contributed by atoms with Gasteiger partial charge in [0.25, 0.3) is 0 Å². The van der Waals surface area contributed by atoms with Gasteiger partial charge >= 0.3 is 0 Å². The number of benzene rings is 10. The van der Waals surface area contributed by atoms with Gasteiger partial charge in [-0.3, -0.25) is 0 Å². The molecule has 11 unspecified atom stereocenters. The van der Waals surface area contributed by atoms with Crippen LogP contribution in [0.1, 0.15) is 165 Å². The highest BCUT2D eigenvalue weighted by Gasteiger charge is 2.38. The van der Waals surface area contributed by atoms with Crippen molar-refractivity contribution >= 4 is 226 Å². The Bertz CT molecular complexity index is 4790. The molecule has 30 heteroatoms. The van der Waals surface area contributed by atoms with Crippen LogP contribution >= 0.6 is 161 Å². The minimum Gasteiger partial charge on any atom is -0.455 e. The zero-order valence-electron chi connectivity index (χ0n) is 68.2. The number of sulfone groups is 2. The summed E-state index contributed by atoms with van der Waals surface area (Å²) in [7, 11) is 20.4. The molecule has 0 aromatic heterocycles. The summed E-state index contributed by atoms with van der Waals surface area (Å²) < 4.78 is 67.4. The summed E-state index contributed by atoms with van der Waals surface area (Å²) in [6.07, 6.45) is 0.